The SMILES string of the molecule is CC12OC3C4C5C3C1C=CC2C45. The number of hydrogen-bond acceptors (Lipinski definition) is 1. The van der Waals surface area contributed by atoms with E-state index in [-0.39, 0.29) is 5.60 Å². The van der Waals surface area contributed by atoms with E-state index in [0.29, 0.717) is 6.10 Å². The van der Waals surface area contributed by atoms with Crippen molar-refractivity contribution in [3.05, 3.63) is 12.2 Å². The Bertz CT molecular complexity index is 324. The molecule has 0 radical (unpaired) electrons. The van der Waals surface area contributed by atoms with Crippen LogP contribution in [0.4, 0.5) is 0 Å². The quantitative estimate of drug-likeness (QED) is 0.487. The highest BCUT2D eigenvalue weighted by Gasteiger charge is 2.85. The Morgan fingerprint density at radius 3 is 2.58 bits per heavy atom. The summed E-state index contributed by atoms with van der Waals surface area (Å²) in [7, 11) is 0. The molecular formula is C11H12O. The summed E-state index contributed by atoms with van der Waals surface area (Å²) in [6.07, 6.45) is 5.60. The van der Waals surface area contributed by atoms with Crippen LogP contribution in [-0.2, 0) is 4.74 Å². The van der Waals surface area contributed by atoms with Crippen molar-refractivity contribution in [2.75, 3.05) is 0 Å². The van der Waals surface area contributed by atoms with Gasteiger partial charge in [-0.3, -0.25) is 0 Å². The van der Waals surface area contributed by atoms with Crippen molar-refractivity contribution >= 4 is 0 Å². The Morgan fingerprint density at radius 2 is 1.75 bits per heavy atom. The maximum atomic E-state index is 6.19. The lowest BCUT2D eigenvalue weighted by molar-refractivity contribution is -0.105. The van der Waals surface area contributed by atoms with Crippen LogP contribution in [-0.4, -0.2) is 11.7 Å². The van der Waals surface area contributed by atoms with Gasteiger partial charge in [0, 0.05) is 11.8 Å². The van der Waals surface area contributed by atoms with Gasteiger partial charge < -0.3 is 4.74 Å². The fourth-order valence-corrected chi connectivity index (χ4v) is 5.06. The number of rotatable bonds is 0. The molecule has 1 heterocycles. The second-order valence-electron chi connectivity index (χ2n) is 5.51. The van der Waals surface area contributed by atoms with Crippen molar-refractivity contribution < 1.29 is 4.74 Å². The van der Waals surface area contributed by atoms with Crippen molar-refractivity contribution in [3.63, 3.8) is 0 Å². The van der Waals surface area contributed by atoms with Crippen LogP contribution in [0.1, 0.15) is 6.92 Å². The van der Waals surface area contributed by atoms with E-state index in [1.165, 1.54) is 0 Å². The van der Waals surface area contributed by atoms with Gasteiger partial charge in [-0.25, -0.2) is 0 Å². The van der Waals surface area contributed by atoms with Gasteiger partial charge in [0.05, 0.1) is 11.7 Å². The van der Waals surface area contributed by atoms with E-state index < -0.39 is 0 Å². The van der Waals surface area contributed by atoms with Crippen molar-refractivity contribution in [1.29, 1.82) is 0 Å². The Hall–Kier alpha value is -0.300. The molecule has 5 rings (SSSR count). The predicted octanol–water partition coefficient (Wildman–Crippen LogP) is 1.45. The first-order chi connectivity index (χ1) is 5.82. The summed E-state index contributed by atoms with van der Waals surface area (Å²) in [5, 5.41) is 0. The molecule has 0 spiro atoms. The molecule has 8 atom stereocenters. The van der Waals surface area contributed by atoms with Crippen molar-refractivity contribution in [2.24, 2.45) is 35.5 Å². The zero-order valence-electron chi connectivity index (χ0n) is 7.10. The Balaban J connectivity index is 1.87. The molecule has 1 heteroatoms. The first kappa shape index (κ1) is 5.43. The van der Waals surface area contributed by atoms with Crippen molar-refractivity contribution in [1.82, 2.24) is 0 Å². The fourth-order valence-electron chi connectivity index (χ4n) is 5.06. The summed E-state index contributed by atoms with van der Waals surface area (Å²) in [4.78, 5) is 0. The maximum absolute atomic E-state index is 6.19. The third kappa shape index (κ3) is 0.275. The van der Waals surface area contributed by atoms with Gasteiger partial charge in [0.1, 0.15) is 0 Å². The lowest BCUT2D eigenvalue weighted by atomic mass is 9.69. The third-order valence-electron chi connectivity index (χ3n) is 5.46. The average molecular weight is 160 g/mol. The molecule has 4 aliphatic carbocycles. The van der Waals surface area contributed by atoms with Gasteiger partial charge in [0.25, 0.3) is 0 Å². The molecular weight excluding hydrogens is 148 g/mol. The molecule has 0 N–H and O–H groups in total. The lowest BCUT2D eigenvalue weighted by Gasteiger charge is -2.35. The molecule has 4 fully saturated rings. The molecule has 5 aliphatic rings. The molecule has 0 aromatic carbocycles. The fraction of sp³-hybridized carbons (Fsp3) is 0.818. The zero-order valence-corrected chi connectivity index (χ0v) is 7.10. The topological polar surface area (TPSA) is 9.23 Å². The Labute approximate surface area is 71.8 Å². The minimum Gasteiger partial charge on any atom is -0.370 e. The minimum absolute atomic E-state index is 0.253. The minimum atomic E-state index is 0.253. The summed E-state index contributed by atoms with van der Waals surface area (Å²) in [5.41, 5.74) is 0.253. The van der Waals surface area contributed by atoms with Crippen LogP contribution in [0, 0.1) is 35.5 Å². The number of hydrogen-bond donors (Lipinski definition) is 0. The van der Waals surface area contributed by atoms with E-state index in [2.05, 4.69) is 19.1 Å². The standard InChI is InChI=1S/C11H12O/c1-11-4-2-3-5(11)7-8-6(4)9(8)10(7)12-11/h2-10H,1H3. The third-order valence-corrected chi connectivity index (χ3v) is 5.46. The second kappa shape index (κ2) is 1.14. The highest BCUT2D eigenvalue weighted by molar-refractivity contribution is 5.39. The molecule has 4 bridgehead atoms. The second-order valence-corrected chi connectivity index (χ2v) is 5.51. The highest BCUT2D eigenvalue weighted by atomic mass is 16.5. The molecule has 3 saturated carbocycles. The first-order valence-corrected chi connectivity index (χ1v) is 5.18. The molecule has 0 aromatic heterocycles. The van der Waals surface area contributed by atoms with Gasteiger partial charge in [-0.2, -0.15) is 0 Å². The smallest absolute Gasteiger partial charge is 0.0789 e. The van der Waals surface area contributed by atoms with E-state index in [4.69, 9.17) is 4.74 Å². The van der Waals surface area contributed by atoms with Gasteiger partial charge in [0.2, 0.25) is 0 Å². The molecule has 1 saturated heterocycles. The van der Waals surface area contributed by atoms with E-state index in [1.807, 2.05) is 0 Å². The molecule has 8 unspecified atom stereocenters. The van der Waals surface area contributed by atoms with Crippen LogP contribution in [0.2, 0.25) is 0 Å². The van der Waals surface area contributed by atoms with Gasteiger partial charge in [-0.15, -0.1) is 0 Å². The van der Waals surface area contributed by atoms with Crippen LogP contribution in [0.5, 0.6) is 0 Å². The van der Waals surface area contributed by atoms with Crippen LogP contribution < -0.4 is 0 Å². The molecule has 62 valence electrons. The normalized spacial score (nSPS) is 83.9. The van der Waals surface area contributed by atoms with Crippen LogP contribution in [0.25, 0.3) is 0 Å². The largest absolute Gasteiger partial charge is 0.370 e. The Kier molecular flexibility index (Phi) is 0.517. The lowest BCUT2D eigenvalue weighted by Crippen LogP contribution is -2.40. The Morgan fingerprint density at radius 1 is 1.00 bits per heavy atom. The molecule has 12 heavy (non-hydrogen) atoms. The summed E-state index contributed by atoms with van der Waals surface area (Å²) in [6, 6.07) is 0. The molecule has 0 amide bonds. The molecule has 1 aliphatic heterocycles. The first-order valence-electron chi connectivity index (χ1n) is 5.18. The average Bonchev–Trinajstić information content (AvgIpc) is 2.55. The summed E-state index contributed by atoms with van der Waals surface area (Å²) < 4.78 is 6.19. The molecule has 1 nitrogen and oxygen atoms in total. The van der Waals surface area contributed by atoms with Crippen molar-refractivity contribution in [3.8, 4) is 0 Å². The summed E-state index contributed by atoms with van der Waals surface area (Å²) in [6.45, 7) is 2.35. The van der Waals surface area contributed by atoms with Crippen LogP contribution in [0.3, 0.4) is 0 Å². The van der Waals surface area contributed by atoms with E-state index >= 15 is 0 Å². The predicted molar refractivity (Wildman–Crippen MR) is 43.4 cm³/mol. The highest BCUT2D eigenvalue weighted by Crippen LogP contribution is 2.83. The zero-order chi connectivity index (χ0) is 7.66. The van der Waals surface area contributed by atoms with Gasteiger partial charge in [0.15, 0.2) is 0 Å². The summed E-state index contributed by atoms with van der Waals surface area (Å²) >= 11 is 0. The number of fused-ring (bicyclic) bond motifs is 3. The van der Waals surface area contributed by atoms with Gasteiger partial charge in [-0.05, 0) is 30.6 Å². The van der Waals surface area contributed by atoms with Gasteiger partial charge in [-0.1, -0.05) is 12.2 Å². The monoisotopic (exact) mass is 160 g/mol. The molecule has 0 aromatic rings. The van der Waals surface area contributed by atoms with E-state index in [9.17, 15) is 0 Å². The van der Waals surface area contributed by atoms with Crippen LogP contribution >= 0.6 is 0 Å². The van der Waals surface area contributed by atoms with Crippen molar-refractivity contribution in [2.45, 2.75) is 18.6 Å². The maximum Gasteiger partial charge on any atom is 0.0789 e. The summed E-state index contributed by atoms with van der Waals surface area (Å²) in [5.74, 6) is 5.69. The van der Waals surface area contributed by atoms with Gasteiger partial charge >= 0.3 is 0 Å². The van der Waals surface area contributed by atoms with E-state index in [1.54, 1.807) is 0 Å². The number of ether oxygens (including phenoxy) is 1. The van der Waals surface area contributed by atoms with E-state index in [0.717, 1.165) is 35.5 Å². The van der Waals surface area contributed by atoms with Crippen LogP contribution in [0.15, 0.2) is 12.2 Å².